The summed E-state index contributed by atoms with van der Waals surface area (Å²) in [6, 6.07) is 11.3. The standard InChI is InChI=1S/C20H32N2O2/c1-20(2,3)24-19(23)21-14-9-13-18-12-7-8-15-22(18)16-17-10-5-4-6-11-17/h4-6,10-11,18H,7-9,12-16H2,1-3H3,(H,21,23). The highest BCUT2D eigenvalue weighted by Gasteiger charge is 2.22. The van der Waals surface area contributed by atoms with Crippen molar-refractivity contribution in [3.05, 3.63) is 35.9 Å². The fraction of sp³-hybridized carbons (Fsp3) is 0.650. The highest BCUT2D eigenvalue weighted by molar-refractivity contribution is 5.67. The lowest BCUT2D eigenvalue weighted by atomic mass is 9.97. The average Bonchev–Trinajstić information content (AvgIpc) is 2.52. The Morgan fingerprint density at radius 2 is 2.00 bits per heavy atom. The van der Waals surface area contributed by atoms with Gasteiger partial charge < -0.3 is 10.1 Å². The van der Waals surface area contributed by atoms with E-state index in [1.54, 1.807) is 0 Å². The Hall–Kier alpha value is -1.55. The van der Waals surface area contributed by atoms with Crippen molar-refractivity contribution >= 4 is 6.09 Å². The highest BCUT2D eigenvalue weighted by Crippen LogP contribution is 2.22. The molecule has 24 heavy (non-hydrogen) atoms. The molecule has 1 unspecified atom stereocenters. The maximum absolute atomic E-state index is 11.7. The summed E-state index contributed by atoms with van der Waals surface area (Å²) in [4.78, 5) is 14.3. The number of hydrogen-bond donors (Lipinski definition) is 1. The van der Waals surface area contributed by atoms with Gasteiger partial charge in [0.15, 0.2) is 0 Å². The van der Waals surface area contributed by atoms with Crippen molar-refractivity contribution in [2.45, 2.75) is 71.1 Å². The Labute approximate surface area is 146 Å². The molecule has 4 heteroatoms. The van der Waals surface area contributed by atoms with E-state index in [-0.39, 0.29) is 6.09 Å². The number of carbonyl (C=O) groups excluding carboxylic acids is 1. The summed E-state index contributed by atoms with van der Waals surface area (Å²) in [7, 11) is 0. The largest absolute Gasteiger partial charge is 0.444 e. The molecule has 1 aliphatic rings. The van der Waals surface area contributed by atoms with Gasteiger partial charge in [-0.15, -0.1) is 0 Å². The number of hydrogen-bond acceptors (Lipinski definition) is 3. The van der Waals surface area contributed by atoms with E-state index in [9.17, 15) is 4.79 Å². The number of carbonyl (C=O) groups is 1. The Morgan fingerprint density at radius 1 is 1.25 bits per heavy atom. The van der Waals surface area contributed by atoms with Crippen molar-refractivity contribution in [3.8, 4) is 0 Å². The maximum atomic E-state index is 11.7. The summed E-state index contributed by atoms with van der Waals surface area (Å²) < 4.78 is 5.27. The van der Waals surface area contributed by atoms with Gasteiger partial charge >= 0.3 is 6.09 Å². The zero-order valence-corrected chi connectivity index (χ0v) is 15.4. The van der Waals surface area contributed by atoms with Gasteiger partial charge in [-0.05, 0) is 58.6 Å². The number of rotatable bonds is 6. The predicted molar refractivity (Wildman–Crippen MR) is 98.0 cm³/mol. The van der Waals surface area contributed by atoms with Gasteiger partial charge in [-0.3, -0.25) is 4.90 Å². The van der Waals surface area contributed by atoms with Crippen molar-refractivity contribution in [1.82, 2.24) is 10.2 Å². The van der Waals surface area contributed by atoms with Crippen LogP contribution in [0.2, 0.25) is 0 Å². The number of amides is 1. The van der Waals surface area contributed by atoms with Crippen molar-refractivity contribution in [1.29, 1.82) is 0 Å². The quantitative estimate of drug-likeness (QED) is 0.788. The topological polar surface area (TPSA) is 41.6 Å². The molecule has 0 saturated carbocycles. The molecule has 1 N–H and O–H groups in total. The molecular formula is C20H32N2O2. The average molecular weight is 332 g/mol. The molecule has 0 aromatic heterocycles. The fourth-order valence-corrected chi connectivity index (χ4v) is 3.26. The zero-order chi connectivity index (χ0) is 17.4. The Morgan fingerprint density at radius 3 is 2.71 bits per heavy atom. The van der Waals surface area contributed by atoms with Crippen LogP contribution in [0.25, 0.3) is 0 Å². The number of ether oxygens (including phenoxy) is 1. The monoisotopic (exact) mass is 332 g/mol. The first-order valence-corrected chi connectivity index (χ1v) is 9.19. The van der Waals surface area contributed by atoms with Gasteiger partial charge in [0.25, 0.3) is 0 Å². The zero-order valence-electron chi connectivity index (χ0n) is 15.4. The number of nitrogens with one attached hydrogen (secondary N) is 1. The van der Waals surface area contributed by atoms with Crippen LogP contribution in [0, 0.1) is 0 Å². The van der Waals surface area contributed by atoms with Crippen LogP contribution in [0.3, 0.4) is 0 Å². The van der Waals surface area contributed by atoms with Crippen LogP contribution < -0.4 is 5.32 Å². The second kappa shape index (κ2) is 9.07. The summed E-state index contributed by atoms with van der Waals surface area (Å²) in [5.41, 5.74) is 0.955. The third kappa shape index (κ3) is 6.91. The van der Waals surface area contributed by atoms with E-state index >= 15 is 0 Å². The van der Waals surface area contributed by atoms with E-state index in [0.717, 1.165) is 19.4 Å². The SMILES string of the molecule is CC(C)(C)OC(=O)NCCCC1CCCCN1Cc1ccccc1. The minimum absolute atomic E-state index is 0.313. The molecule has 1 heterocycles. The van der Waals surface area contributed by atoms with E-state index in [2.05, 4.69) is 40.5 Å². The molecule has 0 bridgehead atoms. The third-order valence-corrected chi connectivity index (χ3v) is 4.36. The lowest BCUT2D eigenvalue weighted by Gasteiger charge is -2.36. The van der Waals surface area contributed by atoms with Crippen molar-refractivity contribution in [2.75, 3.05) is 13.1 Å². The van der Waals surface area contributed by atoms with Crippen molar-refractivity contribution < 1.29 is 9.53 Å². The van der Waals surface area contributed by atoms with Crippen LogP contribution in [0.1, 0.15) is 58.4 Å². The van der Waals surface area contributed by atoms with Gasteiger partial charge in [0.05, 0.1) is 0 Å². The highest BCUT2D eigenvalue weighted by atomic mass is 16.6. The number of likely N-dealkylation sites (tertiary alicyclic amines) is 1. The fourth-order valence-electron chi connectivity index (χ4n) is 3.26. The number of piperidine rings is 1. The van der Waals surface area contributed by atoms with Crippen LogP contribution >= 0.6 is 0 Å². The normalized spacial score (nSPS) is 19.0. The van der Waals surface area contributed by atoms with Gasteiger partial charge in [0, 0.05) is 19.1 Å². The molecule has 1 amide bonds. The molecule has 1 aliphatic heterocycles. The van der Waals surface area contributed by atoms with E-state index in [1.807, 2.05) is 20.8 Å². The molecule has 1 atom stereocenters. The minimum atomic E-state index is -0.431. The Balaban J connectivity index is 1.72. The number of benzene rings is 1. The molecule has 0 radical (unpaired) electrons. The second-order valence-electron chi connectivity index (χ2n) is 7.68. The molecule has 0 spiro atoms. The molecular weight excluding hydrogens is 300 g/mol. The molecule has 4 nitrogen and oxygen atoms in total. The molecule has 1 aromatic carbocycles. The lowest BCUT2D eigenvalue weighted by Crippen LogP contribution is -2.39. The first-order valence-electron chi connectivity index (χ1n) is 9.19. The third-order valence-electron chi connectivity index (χ3n) is 4.36. The van der Waals surface area contributed by atoms with E-state index in [0.29, 0.717) is 12.6 Å². The molecule has 0 aliphatic carbocycles. The van der Waals surface area contributed by atoms with E-state index in [4.69, 9.17) is 4.74 Å². The minimum Gasteiger partial charge on any atom is -0.444 e. The van der Waals surface area contributed by atoms with Crippen LogP contribution in [-0.2, 0) is 11.3 Å². The number of alkyl carbamates (subject to hydrolysis) is 1. The first kappa shape index (κ1) is 18.8. The predicted octanol–water partition coefficient (Wildman–Crippen LogP) is 4.35. The Kier molecular flexibility index (Phi) is 7.10. The van der Waals surface area contributed by atoms with Crippen molar-refractivity contribution in [2.24, 2.45) is 0 Å². The smallest absolute Gasteiger partial charge is 0.407 e. The molecule has 1 saturated heterocycles. The van der Waals surface area contributed by atoms with Gasteiger partial charge in [-0.2, -0.15) is 0 Å². The second-order valence-corrected chi connectivity index (χ2v) is 7.68. The lowest BCUT2D eigenvalue weighted by molar-refractivity contribution is 0.0524. The first-order chi connectivity index (χ1) is 11.4. The summed E-state index contributed by atoms with van der Waals surface area (Å²) >= 11 is 0. The number of nitrogens with zero attached hydrogens (tertiary/aromatic N) is 1. The molecule has 1 fully saturated rings. The van der Waals surface area contributed by atoms with Crippen LogP contribution in [0.5, 0.6) is 0 Å². The maximum Gasteiger partial charge on any atom is 0.407 e. The summed E-state index contributed by atoms with van der Waals surface area (Å²) in [6.07, 6.45) is 5.68. The summed E-state index contributed by atoms with van der Waals surface area (Å²) in [5.74, 6) is 0. The Bertz CT molecular complexity index is 496. The van der Waals surface area contributed by atoms with E-state index < -0.39 is 5.60 Å². The van der Waals surface area contributed by atoms with Gasteiger partial charge in [-0.25, -0.2) is 4.79 Å². The molecule has 1 aromatic rings. The van der Waals surface area contributed by atoms with Gasteiger partial charge in [0.1, 0.15) is 5.60 Å². The summed E-state index contributed by atoms with van der Waals surface area (Å²) in [6.45, 7) is 8.55. The van der Waals surface area contributed by atoms with Crippen molar-refractivity contribution in [3.63, 3.8) is 0 Å². The van der Waals surface area contributed by atoms with Crippen LogP contribution in [0.15, 0.2) is 30.3 Å². The van der Waals surface area contributed by atoms with Crippen LogP contribution in [0.4, 0.5) is 4.79 Å². The molecule has 2 rings (SSSR count). The van der Waals surface area contributed by atoms with Gasteiger partial charge in [0.2, 0.25) is 0 Å². The van der Waals surface area contributed by atoms with Crippen LogP contribution in [-0.4, -0.2) is 35.7 Å². The summed E-state index contributed by atoms with van der Waals surface area (Å²) in [5, 5.41) is 2.86. The van der Waals surface area contributed by atoms with E-state index in [1.165, 1.54) is 31.4 Å². The van der Waals surface area contributed by atoms with Gasteiger partial charge in [-0.1, -0.05) is 36.8 Å². The molecule has 134 valence electrons.